The Bertz CT molecular complexity index is 1090. The van der Waals surface area contributed by atoms with Gasteiger partial charge < -0.3 is 9.84 Å². The molecule has 0 saturated carbocycles. The summed E-state index contributed by atoms with van der Waals surface area (Å²) in [7, 11) is 1.45. The molecule has 1 heterocycles. The summed E-state index contributed by atoms with van der Waals surface area (Å²) in [5.74, 6) is -0.230. The molecule has 0 saturated heterocycles. The molecule has 138 valence electrons. The molecule has 3 aromatic rings. The molecule has 0 bridgehead atoms. The average Bonchev–Trinajstić information content (AvgIpc) is 2.68. The third-order valence-corrected chi connectivity index (χ3v) is 3.96. The van der Waals surface area contributed by atoms with Gasteiger partial charge in [0, 0.05) is 11.9 Å². The molecule has 0 unspecified atom stereocenters. The van der Waals surface area contributed by atoms with E-state index in [0.717, 1.165) is 0 Å². The van der Waals surface area contributed by atoms with Crippen LogP contribution in [0.25, 0.3) is 10.8 Å². The molecule has 1 amide bonds. The van der Waals surface area contributed by atoms with E-state index >= 15 is 0 Å². The van der Waals surface area contributed by atoms with Gasteiger partial charge in [0.25, 0.3) is 11.5 Å². The van der Waals surface area contributed by atoms with Crippen molar-refractivity contribution >= 4 is 22.9 Å². The summed E-state index contributed by atoms with van der Waals surface area (Å²) in [6.07, 6.45) is 1.38. The Hall–Kier alpha value is -3.68. The Balaban J connectivity index is 1.87. The molecule has 0 aliphatic heterocycles. The minimum atomic E-state index is -0.539. The van der Waals surface area contributed by atoms with Crippen molar-refractivity contribution < 1.29 is 14.6 Å². The molecule has 0 spiro atoms. The summed E-state index contributed by atoms with van der Waals surface area (Å²) >= 11 is 0. The fourth-order valence-electron chi connectivity index (χ4n) is 2.62. The fraction of sp³-hybridized carbons (Fsp3) is 0.158. The zero-order chi connectivity index (χ0) is 19.4. The van der Waals surface area contributed by atoms with E-state index in [9.17, 15) is 14.7 Å². The number of aromatic nitrogens is 2. The van der Waals surface area contributed by atoms with E-state index < -0.39 is 5.91 Å². The topological polar surface area (TPSA) is 106 Å². The normalized spacial score (nSPS) is 11.0. The van der Waals surface area contributed by atoms with Gasteiger partial charge >= 0.3 is 0 Å². The molecule has 2 aromatic carbocycles. The summed E-state index contributed by atoms with van der Waals surface area (Å²) in [6, 6.07) is 11.5. The third kappa shape index (κ3) is 3.64. The minimum Gasteiger partial charge on any atom is -0.504 e. The second kappa shape index (κ2) is 7.69. The number of hydrogen-bond donors (Lipinski definition) is 2. The number of hydrazone groups is 1. The van der Waals surface area contributed by atoms with Gasteiger partial charge in [-0.05, 0) is 36.8 Å². The summed E-state index contributed by atoms with van der Waals surface area (Å²) in [6.45, 7) is 2.12. The van der Waals surface area contributed by atoms with Crippen LogP contribution in [0.1, 0.15) is 23.0 Å². The number of carbonyl (C=O) groups is 1. The summed E-state index contributed by atoms with van der Waals surface area (Å²) in [5.41, 5.74) is 2.84. The lowest BCUT2D eigenvalue weighted by Crippen LogP contribution is -2.28. The highest BCUT2D eigenvalue weighted by molar-refractivity contribution is 6.04. The van der Waals surface area contributed by atoms with Crippen molar-refractivity contribution in [2.75, 3.05) is 7.11 Å². The fourth-order valence-corrected chi connectivity index (χ4v) is 2.62. The second-order valence-electron chi connectivity index (χ2n) is 5.65. The van der Waals surface area contributed by atoms with Crippen LogP contribution in [-0.2, 0) is 6.54 Å². The highest BCUT2D eigenvalue weighted by Gasteiger charge is 2.15. The second-order valence-corrected chi connectivity index (χ2v) is 5.65. The number of fused-ring (bicyclic) bond motifs is 1. The van der Waals surface area contributed by atoms with E-state index in [0.29, 0.717) is 28.6 Å². The van der Waals surface area contributed by atoms with Gasteiger partial charge in [0.2, 0.25) is 0 Å². The highest BCUT2D eigenvalue weighted by atomic mass is 16.5. The summed E-state index contributed by atoms with van der Waals surface area (Å²) in [5, 5.41) is 18.7. The number of nitrogens with zero attached hydrogens (tertiary/aromatic N) is 3. The third-order valence-electron chi connectivity index (χ3n) is 3.96. The van der Waals surface area contributed by atoms with Crippen molar-refractivity contribution in [2.24, 2.45) is 5.10 Å². The first kappa shape index (κ1) is 18.1. The number of rotatable bonds is 5. The number of hydrogen-bond acceptors (Lipinski definition) is 6. The number of nitrogens with one attached hydrogen (secondary N) is 1. The van der Waals surface area contributed by atoms with Crippen LogP contribution < -0.4 is 15.7 Å². The van der Waals surface area contributed by atoms with E-state index in [4.69, 9.17) is 4.74 Å². The molecule has 0 aliphatic rings. The van der Waals surface area contributed by atoms with Gasteiger partial charge in [-0.2, -0.15) is 10.2 Å². The first-order valence-corrected chi connectivity index (χ1v) is 8.25. The van der Waals surface area contributed by atoms with Gasteiger partial charge in [-0.1, -0.05) is 18.2 Å². The van der Waals surface area contributed by atoms with E-state index in [1.54, 1.807) is 43.3 Å². The lowest BCUT2D eigenvalue weighted by molar-refractivity contribution is 0.0949. The standard InChI is InChI=1S/C19H18N4O4/c1-3-23-19(26)14-7-5-4-6-13(14)17(22-23)18(25)21-20-11-12-8-9-16(27-2)15(24)10-12/h4-11,24H,3H2,1-2H3,(H,21,25)/b20-11-. The highest BCUT2D eigenvalue weighted by Crippen LogP contribution is 2.25. The van der Waals surface area contributed by atoms with Gasteiger partial charge in [0.1, 0.15) is 0 Å². The van der Waals surface area contributed by atoms with Gasteiger partial charge in [0.15, 0.2) is 17.2 Å². The number of amides is 1. The van der Waals surface area contributed by atoms with Crippen LogP contribution in [0.3, 0.4) is 0 Å². The summed E-state index contributed by atoms with van der Waals surface area (Å²) in [4.78, 5) is 24.8. The SMILES string of the molecule is CCn1nc(C(=O)N/N=C\c2ccc(OC)c(O)c2)c2ccccc2c1=O. The zero-order valence-corrected chi connectivity index (χ0v) is 14.8. The van der Waals surface area contributed by atoms with Crippen molar-refractivity contribution in [3.05, 3.63) is 64.1 Å². The Morgan fingerprint density at radius 1 is 1.30 bits per heavy atom. The van der Waals surface area contributed by atoms with Crippen LogP contribution in [-0.4, -0.2) is 34.1 Å². The molecular weight excluding hydrogens is 348 g/mol. The molecule has 8 heteroatoms. The number of phenols is 1. The number of methoxy groups -OCH3 is 1. The van der Waals surface area contributed by atoms with E-state index in [1.165, 1.54) is 24.1 Å². The van der Waals surface area contributed by atoms with Crippen LogP contribution in [0.4, 0.5) is 0 Å². The number of ether oxygens (including phenoxy) is 1. The largest absolute Gasteiger partial charge is 0.504 e. The Kier molecular flexibility index (Phi) is 5.16. The summed E-state index contributed by atoms with van der Waals surface area (Å²) < 4.78 is 6.21. The average molecular weight is 366 g/mol. The number of carbonyl (C=O) groups excluding carboxylic acids is 1. The van der Waals surface area contributed by atoms with E-state index in [1.807, 2.05) is 0 Å². The zero-order valence-electron chi connectivity index (χ0n) is 14.8. The lowest BCUT2D eigenvalue weighted by Gasteiger charge is -2.08. The first-order chi connectivity index (χ1) is 13.0. The Labute approximate surface area is 154 Å². The van der Waals surface area contributed by atoms with Crippen molar-refractivity contribution in [1.82, 2.24) is 15.2 Å². The maximum Gasteiger partial charge on any atom is 0.292 e. The molecule has 0 fully saturated rings. The van der Waals surface area contributed by atoms with Crippen LogP contribution in [0.5, 0.6) is 11.5 Å². The smallest absolute Gasteiger partial charge is 0.292 e. The number of aryl methyl sites for hydroxylation is 1. The van der Waals surface area contributed by atoms with Crippen LogP contribution in [0.15, 0.2) is 52.4 Å². The van der Waals surface area contributed by atoms with Crippen molar-refractivity contribution in [2.45, 2.75) is 13.5 Å². The first-order valence-electron chi connectivity index (χ1n) is 8.25. The van der Waals surface area contributed by atoms with Gasteiger partial charge in [-0.15, -0.1) is 0 Å². The molecule has 2 N–H and O–H groups in total. The Morgan fingerprint density at radius 3 is 2.70 bits per heavy atom. The van der Waals surface area contributed by atoms with Gasteiger partial charge in [0.05, 0.1) is 18.7 Å². The van der Waals surface area contributed by atoms with Crippen LogP contribution >= 0.6 is 0 Å². The Morgan fingerprint density at radius 2 is 2.04 bits per heavy atom. The van der Waals surface area contributed by atoms with Crippen LogP contribution in [0.2, 0.25) is 0 Å². The molecule has 3 rings (SSSR count). The maximum atomic E-state index is 12.5. The van der Waals surface area contributed by atoms with Crippen molar-refractivity contribution in [3.63, 3.8) is 0 Å². The predicted molar refractivity (Wildman–Crippen MR) is 101 cm³/mol. The predicted octanol–water partition coefficient (Wildman–Crippen LogP) is 1.89. The number of benzene rings is 2. The van der Waals surface area contributed by atoms with Crippen molar-refractivity contribution in [3.8, 4) is 11.5 Å². The molecule has 0 radical (unpaired) electrons. The van der Waals surface area contributed by atoms with Gasteiger partial charge in [-0.3, -0.25) is 9.59 Å². The number of phenolic OH excluding ortho intramolecular Hbond substituents is 1. The van der Waals surface area contributed by atoms with Crippen molar-refractivity contribution in [1.29, 1.82) is 0 Å². The lowest BCUT2D eigenvalue weighted by atomic mass is 10.1. The molecule has 27 heavy (non-hydrogen) atoms. The van der Waals surface area contributed by atoms with Gasteiger partial charge in [-0.25, -0.2) is 10.1 Å². The monoisotopic (exact) mass is 366 g/mol. The van der Waals surface area contributed by atoms with E-state index in [-0.39, 0.29) is 17.0 Å². The maximum absolute atomic E-state index is 12.5. The molecule has 8 nitrogen and oxygen atoms in total. The number of aromatic hydroxyl groups is 1. The quantitative estimate of drug-likeness (QED) is 0.530. The molecule has 0 atom stereocenters. The molecule has 0 aliphatic carbocycles. The minimum absolute atomic E-state index is 0.0320. The molecular formula is C19H18N4O4. The van der Waals surface area contributed by atoms with Crippen LogP contribution in [0, 0.1) is 0 Å². The van der Waals surface area contributed by atoms with E-state index in [2.05, 4.69) is 15.6 Å². The molecule has 1 aromatic heterocycles.